The monoisotopic (exact) mass is 263 g/mol. The molecule has 1 amide bonds. The van der Waals surface area contributed by atoms with Gasteiger partial charge >= 0.3 is 5.97 Å². The molecule has 1 unspecified atom stereocenters. The summed E-state index contributed by atoms with van der Waals surface area (Å²) >= 11 is 0. The number of benzene rings is 1. The zero-order valence-corrected chi connectivity index (χ0v) is 10.8. The Kier molecular flexibility index (Phi) is 4.16. The predicted molar refractivity (Wildman–Crippen MR) is 69.3 cm³/mol. The van der Waals surface area contributed by atoms with E-state index in [1.54, 1.807) is 19.2 Å². The molecule has 1 atom stereocenters. The van der Waals surface area contributed by atoms with E-state index in [9.17, 15) is 9.59 Å². The molecule has 0 bridgehead atoms. The van der Waals surface area contributed by atoms with E-state index in [2.05, 4.69) is 0 Å². The number of carbonyl (C=O) groups excluding carboxylic acids is 1. The molecular weight excluding hydrogens is 246 g/mol. The van der Waals surface area contributed by atoms with E-state index in [4.69, 9.17) is 9.84 Å². The highest BCUT2D eigenvalue weighted by Crippen LogP contribution is 2.16. The molecule has 0 saturated carbocycles. The van der Waals surface area contributed by atoms with Gasteiger partial charge < -0.3 is 14.7 Å². The van der Waals surface area contributed by atoms with E-state index in [0.717, 1.165) is 19.4 Å². The molecule has 0 radical (unpaired) electrons. The van der Waals surface area contributed by atoms with E-state index in [1.807, 2.05) is 0 Å². The Morgan fingerprint density at radius 1 is 1.37 bits per heavy atom. The number of likely N-dealkylation sites (N-methyl/N-ethyl adjacent to an activating group) is 1. The second-order valence-corrected chi connectivity index (χ2v) is 4.67. The molecule has 1 aliphatic rings. The molecule has 5 heteroatoms. The number of carbonyl (C=O) groups is 2. The molecule has 5 nitrogen and oxygen atoms in total. The minimum Gasteiger partial charge on any atom is -0.478 e. The molecule has 1 heterocycles. The Morgan fingerprint density at radius 3 is 2.63 bits per heavy atom. The topological polar surface area (TPSA) is 66.8 Å². The number of hydrogen-bond donors (Lipinski definition) is 1. The molecule has 1 fully saturated rings. The van der Waals surface area contributed by atoms with Crippen LogP contribution in [0.3, 0.4) is 0 Å². The normalized spacial score (nSPS) is 18.3. The molecule has 1 aromatic carbocycles. The molecule has 1 saturated heterocycles. The van der Waals surface area contributed by atoms with Crippen LogP contribution < -0.4 is 0 Å². The van der Waals surface area contributed by atoms with Gasteiger partial charge in [0.1, 0.15) is 0 Å². The minimum absolute atomic E-state index is 0.0340. The molecular formula is C14H17NO4. The lowest BCUT2D eigenvalue weighted by Gasteiger charge is -2.21. The molecule has 0 aromatic heterocycles. The van der Waals surface area contributed by atoms with Gasteiger partial charge in [-0.3, -0.25) is 4.79 Å². The second kappa shape index (κ2) is 5.84. The first-order valence-electron chi connectivity index (χ1n) is 6.29. The van der Waals surface area contributed by atoms with Crippen LogP contribution in [0.25, 0.3) is 0 Å². The Bertz CT molecular complexity index is 480. The van der Waals surface area contributed by atoms with Crippen molar-refractivity contribution in [2.45, 2.75) is 18.9 Å². The van der Waals surface area contributed by atoms with Gasteiger partial charge in [-0.1, -0.05) is 12.1 Å². The number of hydrogen-bond acceptors (Lipinski definition) is 3. The lowest BCUT2D eigenvalue weighted by Crippen LogP contribution is -2.34. The van der Waals surface area contributed by atoms with Crippen LogP contribution in [0.15, 0.2) is 24.3 Å². The fourth-order valence-corrected chi connectivity index (χ4v) is 2.24. The van der Waals surface area contributed by atoms with Gasteiger partial charge in [-0.05, 0) is 25.0 Å². The fourth-order valence-electron chi connectivity index (χ4n) is 2.24. The molecule has 1 aliphatic heterocycles. The molecule has 0 spiro atoms. The number of carboxylic acids is 1. The van der Waals surface area contributed by atoms with Crippen LogP contribution in [0.4, 0.5) is 0 Å². The molecule has 1 N–H and O–H groups in total. The highest BCUT2D eigenvalue weighted by molar-refractivity contribution is 6.04. The molecule has 2 rings (SSSR count). The largest absolute Gasteiger partial charge is 0.478 e. The van der Waals surface area contributed by atoms with Gasteiger partial charge in [0.05, 0.1) is 17.2 Å². The average molecular weight is 263 g/mol. The smallest absolute Gasteiger partial charge is 0.336 e. The third kappa shape index (κ3) is 3.12. The first-order chi connectivity index (χ1) is 9.09. The van der Waals surface area contributed by atoms with Crippen LogP contribution in [-0.2, 0) is 4.74 Å². The van der Waals surface area contributed by atoms with Crippen LogP contribution in [0.5, 0.6) is 0 Å². The highest BCUT2D eigenvalue weighted by atomic mass is 16.5. The van der Waals surface area contributed by atoms with E-state index < -0.39 is 5.97 Å². The van der Waals surface area contributed by atoms with Crippen molar-refractivity contribution < 1.29 is 19.4 Å². The van der Waals surface area contributed by atoms with Crippen molar-refractivity contribution in [1.82, 2.24) is 4.90 Å². The fraction of sp³-hybridized carbons (Fsp3) is 0.429. The lowest BCUT2D eigenvalue weighted by atomic mass is 10.1. The van der Waals surface area contributed by atoms with E-state index in [0.29, 0.717) is 6.54 Å². The van der Waals surface area contributed by atoms with E-state index in [1.165, 1.54) is 17.0 Å². The summed E-state index contributed by atoms with van der Waals surface area (Å²) in [4.78, 5) is 24.9. The van der Waals surface area contributed by atoms with Crippen molar-refractivity contribution in [2.75, 3.05) is 20.2 Å². The van der Waals surface area contributed by atoms with Crippen molar-refractivity contribution in [1.29, 1.82) is 0 Å². The maximum Gasteiger partial charge on any atom is 0.336 e. The summed E-state index contributed by atoms with van der Waals surface area (Å²) in [5, 5.41) is 9.09. The van der Waals surface area contributed by atoms with Gasteiger partial charge in [0.15, 0.2) is 0 Å². The zero-order chi connectivity index (χ0) is 13.8. The first-order valence-corrected chi connectivity index (χ1v) is 6.29. The second-order valence-electron chi connectivity index (χ2n) is 4.67. The first kappa shape index (κ1) is 13.5. The Balaban J connectivity index is 2.12. The summed E-state index contributed by atoms with van der Waals surface area (Å²) in [6.45, 7) is 1.23. The van der Waals surface area contributed by atoms with Crippen LogP contribution in [-0.4, -0.2) is 48.2 Å². The van der Waals surface area contributed by atoms with Gasteiger partial charge in [0.25, 0.3) is 5.91 Å². The third-order valence-corrected chi connectivity index (χ3v) is 3.24. The molecule has 19 heavy (non-hydrogen) atoms. The average Bonchev–Trinajstić information content (AvgIpc) is 2.90. The third-order valence-electron chi connectivity index (χ3n) is 3.24. The summed E-state index contributed by atoms with van der Waals surface area (Å²) < 4.78 is 5.48. The van der Waals surface area contributed by atoms with E-state index >= 15 is 0 Å². The van der Waals surface area contributed by atoms with Crippen molar-refractivity contribution >= 4 is 11.9 Å². The summed E-state index contributed by atoms with van der Waals surface area (Å²) in [5.74, 6) is -1.37. The molecule has 0 aliphatic carbocycles. The minimum atomic E-state index is -1.09. The van der Waals surface area contributed by atoms with Gasteiger partial charge in [0, 0.05) is 20.2 Å². The van der Waals surface area contributed by atoms with Crippen LogP contribution in [0.1, 0.15) is 33.6 Å². The highest BCUT2D eigenvalue weighted by Gasteiger charge is 2.23. The number of nitrogens with zero attached hydrogens (tertiary/aromatic N) is 1. The van der Waals surface area contributed by atoms with E-state index in [-0.39, 0.29) is 23.1 Å². The zero-order valence-electron chi connectivity index (χ0n) is 10.8. The standard InChI is InChI=1S/C14H17NO4/c1-15(9-10-5-4-8-19-10)13(16)11-6-2-3-7-12(11)14(17)18/h2-3,6-7,10H,4-5,8-9H2,1H3,(H,17,18). The number of rotatable bonds is 4. The summed E-state index contributed by atoms with van der Waals surface area (Å²) in [7, 11) is 1.67. The van der Waals surface area contributed by atoms with Gasteiger partial charge in [-0.2, -0.15) is 0 Å². The van der Waals surface area contributed by atoms with Crippen molar-refractivity contribution in [3.63, 3.8) is 0 Å². The SMILES string of the molecule is CN(CC1CCCO1)C(=O)c1ccccc1C(=O)O. The number of carboxylic acid groups (broad SMARTS) is 1. The summed E-state index contributed by atoms with van der Waals surface area (Å²) in [6.07, 6.45) is 2.02. The molecule has 1 aromatic rings. The van der Waals surface area contributed by atoms with Crippen LogP contribution >= 0.6 is 0 Å². The quantitative estimate of drug-likeness (QED) is 0.896. The van der Waals surface area contributed by atoms with Gasteiger partial charge in [-0.25, -0.2) is 4.79 Å². The van der Waals surface area contributed by atoms with Gasteiger partial charge in [0.2, 0.25) is 0 Å². The van der Waals surface area contributed by atoms with Crippen LogP contribution in [0, 0.1) is 0 Å². The molecule has 102 valence electrons. The van der Waals surface area contributed by atoms with Crippen LogP contribution in [0.2, 0.25) is 0 Å². The Labute approximate surface area is 111 Å². The number of ether oxygens (including phenoxy) is 1. The maximum absolute atomic E-state index is 12.3. The maximum atomic E-state index is 12.3. The van der Waals surface area contributed by atoms with Crippen molar-refractivity contribution in [3.8, 4) is 0 Å². The Morgan fingerprint density at radius 2 is 2.05 bits per heavy atom. The number of amides is 1. The van der Waals surface area contributed by atoms with Crippen molar-refractivity contribution in [2.24, 2.45) is 0 Å². The Hall–Kier alpha value is -1.88. The summed E-state index contributed by atoms with van der Waals surface area (Å²) in [5.41, 5.74) is 0.252. The summed E-state index contributed by atoms with van der Waals surface area (Å²) in [6, 6.07) is 6.26. The predicted octanol–water partition coefficient (Wildman–Crippen LogP) is 1.64. The van der Waals surface area contributed by atoms with Gasteiger partial charge in [-0.15, -0.1) is 0 Å². The lowest BCUT2D eigenvalue weighted by molar-refractivity contribution is 0.0577. The number of aromatic carboxylic acids is 1. The van der Waals surface area contributed by atoms with Crippen molar-refractivity contribution in [3.05, 3.63) is 35.4 Å².